The van der Waals surface area contributed by atoms with Crippen LogP contribution in [0.1, 0.15) is 24.0 Å². The van der Waals surface area contributed by atoms with Crippen molar-refractivity contribution < 1.29 is 14.3 Å². The van der Waals surface area contributed by atoms with E-state index < -0.39 is 0 Å². The molecular formula is C24H22N2O3. The Labute approximate surface area is 169 Å². The molecule has 0 spiro atoms. The quantitative estimate of drug-likeness (QED) is 0.446. The third-order valence-corrected chi connectivity index (χ3v) is 6.16. The summed E-state index contributed by atoms with van der Waals surface area (Å²) in [5, 5.41) is 5.35. The highest BCUT2D eigenvalue weighted by atomic mass is 16.5. The van der Waals surface area contributed by atoms with Crippen LogP contribution in [0.4, 0.5) is 0 Å². The number of allylic oxidation sites excluding steroid dienone is 2. The van der Waals surface area contributed by atoms with Gasteiger partial charge in [-0.05, 0) is 47.9 Å². The lowest BCUT2D eigenvalue weighted by atomic mass is 9.63. The summed E-state index contributed by atoms with van der Waals surface area (Å²) in [6.45, 7) is 0.476. The summed E-state index contributed by atoms with van der Waals surface area (Å²) in [6, 6.07) is 17.4. The molecule has 5 nitrogen and oxygen atoms in total. The Morgan fingerprint density at radius 1 is 0.931 bits per heavy atom. The van der Waals surface area contributed by atoms with Gasteiger partial charge in [-0.3, -0.25) is 9.59 Å². The minimum atomic E-state index is -0.232. The summed E-state index contributed by atoms with van der Waals surface area (Å²) in [4.78, 5) is 25.6. The van der Waals surface area contributed by atoms with Gasteiger partial charge in [0.1, 0.15) is 12.4 Å². The number of carbonyl (C=O) groups is 2. The molecule has 2 amide bonds. The smallest absolute Gasteiger partial charge is 0.254 e. The molecule has 2 bridgehead atoms. The van der Waals surface area contributed by atoms with Gasteiger partial charge in [-0.1, -0.05) is 54.6 Å². The van der Waals surface area contributed by atoms with E-state index in [1.165, 1.54) is 0 Å². The van der Waals surface area contributed by atoms with Crippen molar-refractivity contribution in [1.82, 2.24) is 5.01 Å². The lowest BCUT2D eigenvalue weighted by Crippen LogP contribution is -2.38. The first-order valence-electron chi connectivity index (χ1n) is 10.1. The van der Waals surface area contributed by atoms with Crippen LogP contribution >= 0.6 is 0 Å². The molecule has 1 aliphatic heterocycles. The van der Waals surface area contributed by atoms with Crippen LogP contribution in [-0.2, 0) is 16.2 Å². The molecule has 1 heterocycles. The van der Waals surface area contributed by atoms with Gasteiger partial charge in [0.25, 0.3) is 11.8 Å². The van der Waals surface area contributed by atoms with Crippen molar-refractivity contribution in [2.45, 2.75) is 19.4 Å². The predicted molar refractivity (Wildman–Crippen MR) is 109 cm³/mol. The van der Waals surface area contributed by atoms with Gasteiger partial charge in [-0.15, -0.1) is 0 Å². The second-order valence-electron chi connectivity index (χ2n) is 7.92. The maximum atomic E-state index is 12.8. The summed E-state index contributed by atoms with van der Waals surface area (Å²) in [5.41, 5.74) is 1.87. The maximum Gasteiger partial charge on any atom is 0.254 e. The highest BCUT2D eigenvalue weighted by molar-refractivity contribution is 6.06. The van der Waals surface area contributed by atoms with Gasteiger partial charge in [0.15, 0.2) is 0 Å². The van der Waals surface area contributed by atoms with E-state index in [1.54, 1.807) is 6.21 Å². The molecule has 2 aromatic rings. The van der Waals surface area contributed by atoms with E-state index in [-0.39, 0.29) is 35.5 Å². The van der Waals surface area contributed by atoms with E-state index in [4.69, 9.17) is 4.74 Å². The van der Waals surface area contributed by atoms with Crippen LogP contribution in [0, 0.1) is 23.7 Å². The standard InChI is InChI=1S/C24H22N2O3/c27-23-21-18-9-10-19(12-11-18)22(21)24(28)26(23)25-14-17-7-4-8-20(13-17)29-15-16-5-2-1-3-6-16/h1-10,13-14,18-19,21-22H,11-12,15H2/b25-14-/t18-,19-,21-,22+/m0/s1. The zero-order chi connectivity index (χ0) is 19.8. The predicted octanol–water partition coefficient (Wildman–Crippen LogP) is 3.80. The molecule has 1 saturated carbocycles. The maximum absolute atomic E-state index is 12.8. The van der Waals surface area contributed by atoms with Crippen molar-refractivity contribution in [3.8, 4) is 5.75 Å². The van der Waals surface area contributed by atoms with E-state index in [2.05, 4.69) is 17.3 Å². The lowest BCUT2D eigenvalue weighted by Gasteiger charge is -2.37. The average Bonchev–Trinajstić information content (AvgIpc) is 3.05. The normalized spacial score (nSPS) is 27.7. The number of hydrazone groups is 1. The first-order valence-corrected chi connectivity index (χ1v) is 10.1. The van der Waals surface area contributed by atoms with Gasteiger partial charge in [-0.25, -0.2) is 0 Å². The van der Waals surface area contributed by atoms with Crippen molar-refractivity contribution in [2.24, 2.45) is 28.8 Å². The number of rotatable bonds is 5. The Kier molecular flexibility index (Phi) is 4.51. The Hall–Kier alpha value is -3.21. The number of carbonyl (C=O) groups excluding carboxylic acids is 2. The number of amides is 2. The molecule has 2 aromatic carbocycles. The number of hydrogen-bond donors (Lipinski definition) is 0. The van der Waals surface area contributed by atoms with E-state index >= 15 is 0 Å². The monoisotopic (exact) mass is 386 g/mol. The van der Waals surface area contributed by atoms with Gasteiger partial charge < -0.3 is 4.74 Å². The fraction of sp³-hybridized carbons (Fsp3) is 0.292. The molecule has 0 unspecified atom stereocenters. The van der Waals surface area contributed by atoms with Crippen LogP contribution < -0.4 is 4.74 Å². The summed E-state index contributed by atoms with van der Waals surface area (Å²) in [5.74, 6) is 0.284. The minimum Gasteiger partial charge on any atom is -0.489 e. The van der Waals surface area contributed by atoms with E-state index in [0.717, 1.165) is 29.0 Å². The lowest BCUT2D eigenvalue weighted by molar-refractivity contribution is -0.140. The highest BCUT2D eigenvalue weighted by Gasteiger charge is 2.56. The van der Waals surface area contributed by atoms with Gasteiger partial charge in [0, 0.05) is 0 Å². The summed E-state index contributed by atoms with van der Waals surface area (Å²) < 4.78 is 5.84. The number of fused-ring (bicyclic) bond motifs is 1. The van der Waals surface area contributed by atoms with Crippen molar-refractivity contribution >= 4 is 18.0 Å². The second kappa shape index (κ2) is 7.32. The molecule has 0 aromatic heterocycles. The Bertz CT molecular complexity index is 966. The third kappa shape index (κ3) is 3.27. The number of benzene rings is 2. The molecule has 3 aliphatic carbocycles. The molecule has 4 aliphatic rings. The van der Waals surface area contributed by atoms with Crippen LogP contribution in [0.25, 0.3) is 0 Å². The molecule has 4 atom stereocenters. The molecule has 2 fully saturated rings. The van der Waals surface area contributed by atoms with Crippen molar-refractivity contribution in [2.75, 3.05) is 0 Å². The van der Waals surface area contributed by atoms with Crippen LogP contribution in [-0.4, -0.2) is 23.0 Å². The van der Waals surface area contributed by atoms with Gasteiger partial charge in [0.05, 0.1) is 18.1 Å². The van der Waals surface area contributed by atoms with E-state index in [1.807, 2.05) is 54.6 Å². The van der Waals surface area contributed by atoms with Crippen molar-refractivity contribution in [3.63, 3.8) is 0 Å². The zero-order valence-corrected chi connectivity index (χ0v) is 16.0. The first kappa shape index (κ1) is 17.9. The SMILES string of the molecule is O=C1[C@@H]2[C@H](C(=O)N1/N=C\c1cccc(OCc3ccccc3)c1)[C@H]1C=C[C@H]2CC1. The Balaban J connectivity index is 1.29. The largest absolute Gasteiger partial charge is 0.489 e. The van der Waals surface area contributed by atoms with Crippen molar-refractivity contribution in [3.05, 3.63) is 77.9 Å². The van der Waals surface area contributed by atoms with Gasteiger partial charge in [0.2, 0.25) is 0 Å². The molecule has 0 N–H and O–H groups in total. The fourth-order valence-electron chi connectivity index (χ4n) is 4.72. The fourth-order valence-corrected chi connectivity index (χ4v) is 4.72. The Morgan fingerprint density at radius 3 is 2.28 bits per heavy atom. The van der Waals surface area contributed by atoms with Crippen molar-refractivity contribution in [1.29, 1.82) is 0 Å². The minimum absolute atomic E-state index is 0.160. The van der Waals surface area contributed by atoms with E-state index in [0.29, 0.717) is 12.4 Å². The van der Waals surface area contributed by atoms with Gasteiger partial charge in [-0.2, -0.15) is 10.1 Å². The third-order valence-electron chi connectivity index (χ3n) is 6.16. The molecule has 5 heteroatoms. The van der Waals surface area contributed by atoms with E-state index in [9.17, 15) is 9.59 Å². The molecule has 29 heavy (non-hydrogen) atoms. The van der Waals surface area contributed by atoms with Crippen LogP contribution in [0.3, 0.4) is 0 Å². The molecule has 146 valence electrons. The first-order chi connectivity index (χ1) is 14.2. The van der Waals surface area contributed by atoms with Crippen LogP contribution in [0.2, 0.25) is 0 Å². The molecule has 0 radical (unpaired) electrons. The number of ether oxygens (including phenoxy) is 1. The molecular weight excluding hydrogens is 364 g/mol. The number of nitrogens with zero attached hydrogens (tertiary/aromatic N) is 2. The summed E-state index contributed by atoms with van der Waals surface area (Å²) >= 11 is 0. The molecule has 6 rings (SSSR count). The van der Waals surface area contributed by atoms with Crippen LogP contribution in [0.15, 0.2) is 71.9 Å². The topological polar surface area (TPSA) is 59.0 Å². The second-order valence-corrected chi connectivity index (χ2v) is 7.92. The number of hydrogen-bond acceptors (Lipinski definition) is 4. The highest BCUT2D eigenvalue weighted by Crippen LogP contribution is 2.49. The van der Waals surface area contributed by atoms with Crippen LogP contribution in [0.5, 0.6) is 5.75 Å². The van der Waals surface area contributed by atoms with Gasteiger partial charge >= 0.3 is 0 Å². The summed E-state index contributed by atoms with van der Waals surface area (Å²) in [6.07, 6.45) is 7.76. The number of imide groups is 1. The molecule has 1 saturated heterocycles. The average molecular weight is 386 g/mol. The summed E-state index contributed by atoms with van der Waals surface area (Å²) in [7, 11) is 0. The zero-order valence-electron chi connectivity index (χ0n) is 16.0. The Morgan fingerprint density at radius 2 is 1.62 bits per heavy atom.